The summed E-state index contributed by atoms with van der Waals surface area (Å²) in [6, 6.07) is 0. The average molecular weight is 284 g/mol. The van der Waals surface area contributed by atoms with E-state index in [0.29, 0.717) is 35.7 Å². The predicted molar refractivity (Wildman–Crippen MR) is 81.6 cm³/mol. The molecule has 0 aromatic heterocycles. The van der Waals surface area contributed by atoms with Gasteiger partial charge in [0.1, 0.15) is 5.78 Å². The van der Waals surface area contributed by atoms with Crippen molar-refractivity contribution in [3.63, 3.8) is 0 Å². The van der Waals surface area contributed by atoms with Crippen LogP contribution in [0.4, 0.5) is 0 Å². The average Bonchev–Trinajstić information content (AvgIpc) is 2.75. The Hall–Kier alpha value is -1.18. The lowest BCUT2D eigenvalue weighted by molar-refractivity contribution is -0.137. The summed E-state index contributed by atoms with van der Waals surface area (Å²) in [5.41, 5.74) is 0.935. The molecule has 2 nitrogen and oxygen atoms in total. The number of rotatable bonds is 0. The highest BCUT2D eigenvalue weighted by atomic mass is 16.1. The molecule has 0 aliphatic heterocycles. The molecule has 3 fully saturated rings. The fourth-order valence-electron chi connectivity index (χ4n) is 6.00. The van der Waals surface area contributed by atoms with E-state index in [9.17, 15) is 9.59 Å². The third-order valence-corrected chi connectivity index (χ3v) is 7.24. The van der Waals surface area contributed by atoms with Crippen LogP contribution in [0.2, 0.25) is 0 Å². The second-order valence-electron chi connectivity index (χ2n) is 8.05. The number of ketones is 2. The van der Waals surface area contributed by atoms with E-state index in [1.807, 2.05) is 6.08 Å². The van der Waals surface area contributed by atoms with E-state index in [1.54, 1.807) is 0 Å². The van der Waals surface area contributed by atoms with Crippen LogP contribution in [0.15, 0.2) is 23.8 Å². The van der Waals surface area contributed by atoms with Gasteiger partial charge in [0.05, 0.1) is 0 Å². The zero-order valence-electron chi connectivity index (χ0n) is 13.0. The number of hydrogen-bond donors (Lipinski definition) is 0. The Balaban J connectivity index is 1.76. The van der Waals surface area contributed by atoms with Crippen molar-refractivity contribution in [2.75, 3.05) is 0 Å². The van der Waals surface area contributed by atoms with Gasteiger partial charge in [-0.25, -0.2) is 0 Å². The first-order valence-corrected chi connectivity index (χ1v) is 8.40. The number of hydrogen-bond acceptors (Lipinski definition) is 2. The number of fused-ring (bicyclic) bond motifs is 5. The lowest BCUT2D eigenvalue weighted by Gasteiger charge is -2.55. The molecule has 4 aliphatic carbocycles. The Kier molecular flexibility index (Phi) is 2.68. The molecular formula is C19H24O2. The Bertz CT molecular complexity index is 584. The van der Waals surface area contributed by atoms with E-state index in [0.717, 1.165) is 37.7 Å². The Labute approximate surface area is 126 Å². The zero-order valence-corrected chi connectivity index (χ0v) is 13.0. The van der Waals surface area contributed by atoms with Crippen molar-refractivity contribution in [1.29, 1.82) is 0 Å². The standard InChI is InChI=1S/C19H24O2/c1-18-9-4-3-5-15(18)16(20)11-12-13-6-7-17(21)19(13,2)10-8-14(12)18/h3-5,12-14H,6-11H2,1-2H3/t12-,13-,14-,18+,19-/m0/s1. The molecule has 0 heterocycles. The minimum Gasteiger partial charge on any atom is -0.299 e. The summed E-state index contributed by atoms with van der Waals surface area (Å²) in [6.45, 7) is 4.46. The summed E-state index contributed by atoms with van der Waals surface area (Å²) in [6.07, 6.45) is 11.9. The minimum atomic E-state index is -0.135. The summed E-state index contributed by atoms with van der Waals surface area (Å²) in [7, 11) is 0. The number of allylic oxidation sites excluding steroid dienone is 4. The predicted octanol–water partition coefficient (Wildman–Crippen LogP) is 3.86. The third kappa shape index (κ3) is 1.59. The smallest absolute Gasteiger partial charge is 0.159 e. The van der Waals surface area contributed by atoms with Crippen molar-refractivity contribution < 1.29 is 9.59 Å². The molecule has 0 spiro atoms. The Morgan fingerprint density at radius 3 is 2.67 bits per heavy atom. The van der Waals surface area contributed by atoms with Crippen LogP contribution in [0, 0.1) is 28.6 Å². The van der Waals surface area contributed by atoms with Gasteiger partial charge in [-0.1, -0.05) is 32.1 Å². The topological polar surface area (TPSA) is 34.1 Å². The van der Waals surface area contributed by atoms with E-state index >= 15 is 0 Å². The molecule has 112 valence electrons. The molecule has 4 aliphatic rings. The van der Waals surface area contributed by atoms with Crippen LogP contribution in [0.5, 0.6) is 0 Å². The summed E-state index contributed by atoms with van der Waals surface area (Å²) in [5, 5.41) is 0. The van der Waals surface area contributed by atoms with Crippen LogP contribution in [-0.2, 0) is 9.59 Å². The van der Waals surface area contributed by atoms with E-state index in [2.05, 4.69) is 26.0 Å². The zero-order chi connectivity index (χ0) is 14.8. The number of carbonyl (C=O) groups is 2. The first-order chi connectivity index (χ1) is 9.97. The highest BCUT2D eigenvalue weighted by Crippen LogP contribution is 2.63. The van der Waals surface area contributed by atoms with E-state index in [4.69, 9.17) is 0 Å². The van der Waals surface area contributed by atoms with Gasteiger partial charge in [-0.15, -0.1) is 0 Å². The summed E-state index contributed by atoms with van der Waals surface area (Å²) >= 11 is 0. The highest BCUT2D eigenvalue weighted by molar-refractivity contribution is 5.98. The summed E-state index contributed by atoms with van der Waals surface area (Å²) in [4.78, 5) is 25.0. The van der Waals surface area contributed by atoms with Gasteiger partial charge >= 0.3 is 0 Å². The molecule has 0 unspecified atom stereocenters. The van der Waals surface area contributed by atoms with Gasteiger partial charge < -0.3 is 0 Å². The van der Waals surface area contributed by atoms with E-state index < -0.39 is 0 Å². The maximum Gasteiger partial charge on any atom is 0.159 e. The second kappa shape index (κ2) is 4.18. The SMILES string of the molecule is C[C@]12CC=CC=C1C(=O)C[C@@H]1[C@@H]2CC[C@]2(C)C(=O)CC[C@@H]12. The maximum atomic E-state index is 12.7. The minimum absolute atomic E-state index is 0.0156. The van der Waals surface area contributed by atoms with Crippen molar-refractivity contribution in [2.24, 2.45) is 28.6 Å². The summed E-state index contributed by atoms with van der Waals surface area (Å²) < 4.78 is 0. The molecule has 0 bridgehead atoms. The number of Topliss-reactive ketones (excluding diaryl/α,β-unsaturated/α-hetero) is 2. The molecule has 0 radical (unpaired) electrons. The molecule has 0 aromatic carbocycles. The van der Waals surface area contributed by atoms with Crippen molar-refractivity contribution in [1.82, 2.24) is 0 Å². The lowest BCUT2D eigenvalue weighted by Crippen LogP contribution is -2.52. The highest BCUT2D eigenvalue weighted by Gasteiger charge is 2.59. The van der Waals surface area contributed by atoms with Crippen LogP contribution >= 0.6 is 0 Å². The maximum absolute atomic E-state index is 12.7. The van der Waals surface area contributed by atoms with Crippen LogP contribution < -0.4 is 0 Å². The van der Waals surface area contributed by atoms with Gasteiger partial charge in [0.2, 0.25) is 0 Å². The number of carbonyl (C=O) groups excluding carboxylic acids is 2. The van der Waals surface area contributed by atoms with Gasteiger partial charge in [-0.3, -0.25) is 9.59 Å². The van der Waals surface area contributed by atoms with E-state index in [-0.39, 0.29) is 10.8 Å². The van der Waals surface area contributed by atoms with Gasteiger partial charge in [-0.2, -0.15) is 0 Å². The van der Waals surface area contributed by atoms with Gasteiger partial charge in [0.15, 0.2) is 5.78 Å². The largest absolute Gasteiger partial charge is 0.299 e. The molecule has 5 atom stereocenters. The van der Waals surface area contributed by atoms with Crippen molar-refractivity contribution in [3.05, 3.63) is 23.8 Å². The molecule has 2 heteroatoms. The summed E-state index contributed by atoms with van der Waals surface area (Å²) in [5.74, 6) is 2.24. The fourth-order valence-corrected chi connectivity index (χ4v) is 6.00. The van der Waals surface area contributed by atoms with Crippen molar-refractivity contribution in [2.45, 2.75) is 52.4 Å². The molecule has 0 aromatic rings. The molecule has 0 N–H and O–H groups in total. The normalized spacial score (nSPS) is 48.5. The van der Waals surface area contributed by atoms with Gasteiger partial charge in [-0.05, 0) is 43.4 Å². The monoisotopic (exact) mass is 284 g/mol. The molecule has 21 heavy (non-hydrogen) atoms. The molecule has 0 saturated heterocycles. The van der Waals surface area contributed by atoms with Gasteiger partial charge in [0, 0.05) is 29.2 Å². The second-order valence-corrected chi connectivity index (χ2v) is 8.05. The van der Waals surface area contributed by atoms with Crippen LogP contribution in [0.3, 0.4) is 0 Å². The first-order valence-electron chi connectivity index (χ1n) is 8.40. The Morgan fingerprint density at radius 1 is 1.10 bits per heavy atom. The lowest BCUT2D eigenvalue weighted by atomic mass is 9.48. The van der Waals surface area contributed by atoms with Crippen molar-refractivity contribution in [3.8, 4) is 0 Å². The van der Waals surface area contributed by atoms with Crippen LogP contribution in [0.25, 0.3) is 0 Å². The Morgan fingerprint density at radius 2 is 1.86 bits per heavy atom. The van der Waals surface area contributed by atoms with Crippen LogP contribution in [-0.4, -0.2) is 11.6 Å². The first kappa shape index (κ1) is 13.5. The third-order valence-electron chi connectivity index (χ3n) is 7.24. The molecule has 0 amide bonds. The fraction of sp³-hybridized carbons (Fsp3) is 0.684. The van der Waals surface area contributed by atoms with Gasteiger partial charge in [0.25, 0.3) is 0 Å². The van der Waals surface area contributed by atoms with Crippen LogP contribution in [0.1, 0.15) is 52.4 Å². The molecule has 3 saturated carbocycles. The van der Waals surface area contributed by atoms with E-state index in [1.165, 1.54) is 0 Å². The quantitative estimate of drug-likeness (QED) is 0.677. The molecule has 4 rings (SSSR count). The van der Waals surface area contributed by atoms with Crippen molar-refractivity contribution >= 4 is 11.6 Å². The molecular weight excluding hydrogens is 260 g/mol.